The number of hydrogen-bond acceptors (Lipinski definition) is 6. The van der Waals surface area contributed by atoms with Crippen molar-refractivity contribution in [2.45, 2.75) is 19.4 Å². The van der Waals surface area contributed by atoms with Crippen LogP contribution in [0.5, 0.6) is 23.0 Å². The Kier molecular flexibility index (Phi) is 6.47. The van der Waals surface area contributed by atoms with E-state index in [1.54, 1.807) is 44.6 Å². The van der Waals surface area contributed by atoms with Crippen LogP contribution in [0.2, 0.25) is 0 Å². The predicted molar refractivity (Wildman–Crippen MR) is 116 cm³/mol. The maximum Gasteiger partial charge on any atom is 0.189 e. The summed E-state index contributed by atoms with van der Waals surface area (Å²) in [4.78, 5) is 13.0. The van der Waals surface area contributed by atoms with Crippen LogP contribution in [0.25, 0.3) is 12.2 Å². The molecule has 0 atom stereocenters. The molecule has 1 aliphatic heterocycles. The maximum atomic E-state index is 13.0. The third kappa shape index (κ3) is 4.66. The summed E-state index contributed by atoms with van der Waals surface area (Å²) >= 11 is 0. The number of allylic oxidation sites excluding steroid dienone is 1. The second-order valence-electron chi connectivity index (χ2n) is 7.28. The molecule has 2 aromatic rings. The lowest BCUT2D eigenvalue weighted by Crippen LogP contribution is -2.28. The number of carbonyl (C=O) groups is 1. The first-order chi connectivity index (χ1) is 14.4. The average molecular weight is 410 g/mol. The predicted octanol–water partition coefficient (Wildman–Crippen LogP) is 4.16. The van der Waals surface area contributed by atoms with E-state index in [2.05, 4.69) is 0 Å². The van der Waals surface area contributed by atoms with Crippen LogP contribution >= 0.6 is 0 Å². The fourth-order valence-electron chi connectivity index (χ4n) is 3.13. The molecule has 0 spiro atoms. The molecule has 6 heteroatoms. The zero-order valence-electron chi connectivity index (χ0n) is 17.6. The van der Waals surface area contributed by atoms with Gasteiger partial charge in [0.05, 0.1) is 32.0 Å². The van der Waals surface area contributed by atoms with E-state index in [4.69, 9.17) is 24.1 Å². The molecule has 1 heterocycles. The summed E-state index contributed by atoms with van der Waals surface area (Å²) in [6.45, 7) is 3.92. The van der Waals surface area contributed by atoms with Gasteiger partial charge in [-0.05, 0) is 61.9 Å². The highest BCUT2D eigenvalue weighted by Gasteiger charge is 2.27. The number of benzene rings is 2. The highest BCUT2D eigenvalue weighted by Crippen LogP contribution is 2.40. The van der Waals surface area contributed by atoms with Crippen LogP contribution in [-0.2, 0) is 0 Å². The van der Waals surface area contributed by atoms with Crippen LogP contribution in [0.4, 0.5) is 0 Å². The summed E-state index contributed by atoms with van der Waals surface area (Å²) in [5.74, 6) is 2.03. The van der Waals surface area contributed by atoms with Crippen molar-refractivity contribution in [1.82, 2.24) is 0 Å². The van der Waals surface area contributed by atoms with Crippen molar-refractivity contribution >= 4 is 17.9 Å². The van der Waals surface area contributed by atoms with Gasteiger partial charge in [-0.1, -0.05) is 12.1 Å². The zero-order chi connectivity index (χ0) is 21.7. The minimum Gasteiger partial charge on any atom is -0.496 e. The number of rotatable bonds is 8. The smallest absolute Gasteiger partial charge is 0.189 e. The van der Waals surface area contributed by atoms with Crippen LogP contribution < -0.4 is 18.9 Å². The molecule has 158 valence electrons. The summed E-state index contributed by atoms with van der Waals surface area (Å²) in [7, 11) is 3.13. The monoisotopic (exact) mass is 410 g/mol. The van der Waals surface area contributed by atoms with Gasteiger partial charge in [-0.2, -0.15) is 0 Å². The Labute approximate surface area is 176 Å². The molecule has 0 saturated carbocycles. The lowest BCUT2D eigenvalue weighted by molar-refractivity contribution is 0.103. The van der Waals surface area contributed by atoms with Crippen LogP contribution in [0.15, 0.2) is 42.5 Å². The Balaban J connectivity index is 1.90. The molecule has 0 amide bonds. The largest absolute Gasteiger partial charge is 0.496 e. The van der Waals surface area contributed by atoms with Crippen molar-refractivity contribution in [3.63, 3.8) is 0 Å². The van der Waals surface area contributed by atoms with Gasteiger partial charge in [-0.3, -0.25) is 4.79 Å². The number of ketones is 1. The molecule has 0 aliphatic carbocycles. The van der Waals surface area contributed by atoms with E-state index in [1.165, 1.54) is 6.08 Å². The van der Waals surface area contributed by atoms with Crippen LogP contribution in [0, 0.1) is 0 Å². The highest BCUT2D eigenvalue weighted by molar-refractivity contribution is 6.09. The van der Waals surface area contributed by atoms with E-state index in [0.717, 1.165) is 11.1 Å². The van der Waals surface area contributed by atoms with E-state index in [0.29, 0.717) is 28.6 Å². The zero-order valence-corrected chi connectivity index (χ0v) is 17.6. The van der Waals surface area contributed by atoms with Crippen molar-refractivity contribution < 1.29 is 28.8 Å². The first-order valence-corrected chi connectivity index (χ1v) is 9.62. The fourth-order valence-corrected chi connectivity index (χ4v) is 3.13. The molecule has 0 unspecified atom stereocenters. The Hall–Kier alpha value is -3.25. The first kappa shape index (κ1) is 21.5. The van der Waals surface area contributed by atoms with Gasteiger partial charge in [0.15, 0.2) is 17.3 Å². The Morgan fingerprint density at radius 3 is 2.53 bits per heavy atom. The number of fused-ring (bicyclic) bond motifs is 1. The molecule has 2 aromatic carbocycles. The van der Waals surface area contributed by atoms with Crippen LogP contribution in [0.3, 0.4) is 0 Å². The summed E-state index contributed by atoms with van der Waals surface area (Å²) in [6, 6.07) is 8.80. The van der Waals surface area contributed by atoms with Crippen LogP contribution in [-0.4, -0.2) is 43.9 Å². The number of ether oxygens (including phenoxy) is 4. The third-order valence-corrected chi connectivity index (χ3v) is 4.62. The number of aliphatic hydroxyl groups is 1. The molecule has 1 aliphatic rings. The molecule has 3 rings (SSSR count). The second kappa shape index (κ2) is 9.05. The first-order valence-electron chi connectivity index (χ1n) is 9.62. The molecular formula is C24H26O6. The van der Waals surface area contributed by atoms with Gasteiger partial charge in [-0.15, -0.1) is 0 Å². The van der Waals surface area contributed by atoms with Gasteiger partial charge in [0.1, 0.15) is 23.7 Å². The third-order valence-electron chi connectivity index (χ3n) is 4.62. The van der Waals surface area contributed by atoms with Gasteiger partial charge in [-0.25, -0.2) is 0 Å². The Bertz CT molecular complexity index is 987. The Morgan fingerprint density at radius 2 is 1.83 bits per heavy atom. The van der Waals surface area contributed by atoms with Crippen LogP contribution in [0.1, 0.15) is 35.3 Å². The van der Waals surface area contributed by atoms with Crippen molar-refractivity contribution in [1.29, 1.82) is 0 Å². The summed E-state index contributed by atoms with van der Waals surface area (Å²) in [5, 5.41) is 8.98. The van der Waals surface area contributed by atoms with E-state index in [9.17, 15) is 4.79 Å². The maximum absolute atomic E-state index is 13.0. The van der Waals surface area contributed by atoms with E-state index in [1.807, 2.05) is 32.1 Å². The quantitative estimate of drug-likeness (QED) is 0.520. The SMILES string of the molecule is COc1ccc(/C=C/C(=O)c2ccc(OC)c3c2OC(C)(C)C=C3)cc1OCCO. The molecule has 6 nitrogen and oxygen atoms in total. The number of methoxy groups -OCH3 is 2. The number of aliphatic hydroxyl groups excluding tert-OH is 1. The van der Waals surface area contributed by atoms with Gasteiger partial charge < -0.3 is 24.1 Å². The summed E-state index contributed by atoms with van der Waals surface area (Å²) in [5.41, 5.74) is 1.46. The fraction of sp³-hybridized carbons (Fsp3) is 0.292. The average Bonchev–Trinajstić information content (AvgIpc) is 2.74. The molecule has 0 bridgehead atoms. The summed E-state index contributed by atoms with van der Waals surface area (Å²) in [6.07, 6.45) is 7.06. The minimum absolute atomic E-state index is 0.102. The van der Waals surface area contributed by atoms with Gasteiger partial charge in [0.25, 0.3) is 0 Å². The van der Waals surface area contributed by atoms with E-state index < -0.39 is 5.60 Å². The van der Waals surface area contributed by atoms with Gasteiger partial charge >= 0.3 is 0 Å². The summed E-state index contributed by atoms with van der Waals surface area (Å²) < 4.78 is 22.2. The molecule has 0 saturated heterocycles. The van der Waals surface area contributed by atoms with E-state index >= 15 is 0 Å². The van der Waals surface area contributed by atoms with Gasteiger partial charge in [0.2, 0.25) is 0 Å². The molecule has 30 heavy (non-hydrogen) atoms. The van der Waals surface area contributed by atoms with Crippen molar-refractivity contribution in [2.75, 3.05) is 27.4 Å². The standard InChI is InChI=1S/C24H26O6/c1-24(2)12-11-18-20(27-3)10-7-17(23(18)30-24)19(26)8-5-16-6-9-21(28-4)22(15-16)29-14-13-25/h5-12,15,25H,13-14H2,1-4H3/b8-5+. The van der Waals surface area contributed by atoms with Crippen molar-refractivity contribution in [3.8, 4) is 23.0 Å². The number of carbonyl (C=O) groups excluding carboxylic acids is 1. The molecule has 0 radical (unpaired) electrons. The molecular weight excluding hydrogens is 384 g/mol. The lowest BCUT2D eigenvalue weighted by Gasteiger charge is -2.29. The second-order valence-corrected chi connectivity index (χ2v) is 7.28. The van der Waals surface area contributed by atoms with Gasteiger partial charge in [0, 0.05) is 0 Å². The number of hydrogen-bond donors (Lipinski definition) is 1. The van der Waals surface area contributed by atoms with E-state index in [-0.39, 0.29) is 19.0 Å². The topological polar surface area (TPSA) is 74.2 Å². The minimum atomic E-state index is -0.521. The van der Waals surface area contributed by atoms with Crippen molar-refractivity contribution in [2.24, 2.45) is 0 Å². The molecule has 0 aromatic heterocycles. The molecule has 0 fully saturated rings. The highest BCUT2D eigenvalue weighted by atomic mass is 16.5. The Morgan fingerprint density at radius 1 is 1.10 bits per heavy atom. The van der Waals surface area contributed by atoms with Crippen molar-refractivity contribution in [3.05, 3.63) is 59.2 Å². The normalized spacial score (nSPS) is 14.2. The lowest BCUT2D eigenvalue weighted by atomic mass is 9.97. The molecule has 1 N–H and O–H groups in total.